The van der Waals surface area contributed by atoms with E-state index in [1.165, 1.54) is 5.57 Å². The van der Waals surface area contributed by atoms with E-state index in [9.17, 15) is 4.39 Å². The van der Waals surface area contributed by atoms with E-state index in [4.69, 9.17) is 0 Å². The molecule has 0 amide bonds. The second-order valence-corrected chi connectivity index (χ2v) is 3.63. The Hall–Kier alpha value is -1.11. The molecule has 0 saturated heterocycles. The topological polar surface area (TPSA) is 0 Å². The highest BCUT2D eigenvalue weighted by molar-refractivity contribution is 5.34. The Bertz CT molecular complexity index is 269. The number of hydrogen-bond acceptors (Lipinski definition) is 0. The molecule has 92 valence electrons. The fourth-order valence-electron chi connectivity index (χ4n) is 1.07. The van der Waals surface area contributed by atoms with Gasteiger partial charge in [-0.3, -0.25) is 0 Å². The highest BCUT2D eigenvalue weighted by Gasteiger charge is 2.03. The van der Waals surface area contributed by atoms with Crippen molar-refractivity contribution in [2.75, 3.05) is 0 Å². The van der Waals surface area contributed by atoms with Crippen LogP contribution in [0.25, 0.3) is 0 Å². The SMILES string of the molecule is C=C(C)CC.C=C/C(CC)=C(/CC)C(=C)F. The van der Waals surface area contributed by atoms with E-state index in [2.05, 4.69) is 26.7 Å². The van der Waals surface area contributed by atoms with Crippen molar-refractivity contribution in [1.29, 1.82) is 0 Å². The molecule has 0 aromatic carbocycles. The van der Waals surface area contributed by atoms with Crippen molar-refractivity contribution in [2.45, 2.75) is 47.0 Å². The van der Waals surface area contributed by atoms with E-state index in [0.29, 0.717) is 12.0 Å². The number of allylic oxidation sites excluding steroid dienone is 5. The van der Waals surface area contributed by atoms with Gasteiger partial charge in [-0.05, 0) is 37.3 Å². The lowest BCUT2D eigenvalue weighted by atomic mass is 10.0. The molecule has 0 unspecified atom stereocenters. The van der Waals surface area contributed by atoms with Crippen LogP contribution < -0.4 is 0 Å². The Morgan fingerprint density at radius 2 is 1.50 bits per heavy atom. The first-order valence-electron chi connectivity index (χ1n) is 5.77. The summed E-state index contributed by atoms with van der Waals surface area (Å²) in [6.07, 6.45) is 4.31. The molecular formula is C15H25F. The summed E-state index contributed by atoms with van der Waals surface area (Å²) in [6.45, 7) is 18.6. The van der Waals surface area contributed by atoms with Gasteiger partial charge in [0.2, 0.25) is 0 Å². The van der Waals surface area contributed by atoms with Crippen molar-refractivity contribution in [2.24, 2.45) is 0 Å². The smallest absolute Gasteiger partial charge is 0.119 e. The minimum Gasteiger partial charge on any atom is -0.207 e. The lowest BCUT2D eigenvalue weighted by Crippen LogP contribution is -1.87. The van der Waals surface area contributed by atoms with Crippen LogP contribution in [0, 0.1) is 0 Å². The average Bonchev–Trinajstić information content (AvgIpc) is 2.25. The first-order chi connectivity index (χ1) is 7.44. The molecule has 0 aromatic heterocycles. The molecule has 0 aromatic rings. The van der Waals surface area contributed by atoms with Gasteiger partial charge in [0, 0.05) is 0 Å². The van der Waals surface area contributed by atoms with Gasteiger partial charge in [-0.2, -0.15) is 0 Å². The van der Waals surface area contributed by atoms with Crippen molar-refractivity contribution in [3.63, 3.8) is 0 Å². The Balaban J connectivity index is 0. The van der Waals surface area contributed by atoms with E-state index < -0.39 is 0 Å². The summed E-state index contributed by atoms with van der Waals surface area (Å²) in [5.41, 5.74) is 2.91. The molecule has 16 heavy (non-hydrogen) atoms. The third-order valence-corrected chi connectivity index (χ3v) is 2.30. The van der Waals surface area contributed by atoms with Gasteiger partial charge in [0.15, 0.2) is 0 Å². The molecule has 0 bridgehead atoms. The van der Waals surface area contributed by atoms with Gasteiger partial charge >= 0.3 is 0 Å². The lowest BCUT2D eigenvalue weighted by molar-refractivity contribution is 0.643. The predicted octanol–water partition coefficient (Wildman–Crippen LogP) is 5.74. The number of hydrogen-bond donors (Lipinski definition) is 0. The van der Waals surface area contributed by atoms with Crippen molar-refractivity contribution >= 4 is 0 Å². The third kappa shape index (κ3) is 8.22. The zero-order valence-corrected chi connectivity index (χ0v) is 11.2. The highest BCUT2D eigenvalue weighted by Crippen LogP contribution is 2.20. The zero-order valence-electron chi connectivity index (χ0n) is 11.2. The molecule has 0 atom stereocenters. The van der Waals surface area contributed by atoms with Gasteiger partial charge in [-0.15, -0.1) is 6.58 Å². The molecule has 0 fully saturated rings. The molecule has 0 nitrogen and oxygen atoms in total. The summed E-state index contributed by atoms with van der Waals surface area (Å²) >= 11 is 0. The zero-order chi connectivity index (χ0) is 13.1. The summed E-state index contributed by atoms with van der Waals surface area (Å²) in [6, 6.07) is 0. The monoisotopic (exact) mass is 224 g/mol. The first kappa shape index (κ1) is 17.3. The van der Waals surface area contributed by atoms with Crippen LogP contribution in [0.4, 0.5) is 4.39 Å². The lowest BCUT2D eigenvalue weighted by Gasteiger charge is -2.05. The Morgan fingerprint density at radius 3 is 1.56 bits per heavy atom. The number of rotatable bonds is 5. The molecule has 0 heterocycles. The molecule has 0 N–H and O–H groups in total. The summed E-state index contributed by atoms with van der Waals surface area (Å²) < 4.78 is 12.7. The first-order valence-corrected chi connectivity index (χ1v) is 5.77. The second-order valence-electron chi connectivity index (χ2n) is 3.63. The van der Waals surface area contributed by atoms with Crippen LogP contribution in [-0.2, 0) is 0 Å². The van der Waals surface area contributed by atoms with Crippen LogP contribution in [0.3, 0.4) is 0 Å². The molecular weight excluding hydrogens is 199 g/mol. The fourth-order valence-corrected chi connectivity index (χ4v) is 1.07. The maximum absolute atomic E-state index is 12.7. The van der Waals surface area contributed by atoms with E-state index in [0.717, 1.165) is 18.4 Å². The van der Waals surface area contributed by atoms with Crippen LogP contribution in [-0.4, -0.2) is 0 Å². The standard InChI is InChI=1S/C10H15F.C5H10/c1-5-9(6-2)10(7-3)8(4)11;1-4-5(2)3/h5H,1,4,6-7H2,2-3H3;2,4H2,1,3H3/b10-9+;. The van der Waals surface area contributed by atoms with Gasteiger partial charge < -0.3 is 0 Å². The number of halogens is 1. The van der Waals surface area contributed by atoms with E-state index in [1.807, 2.05) is 20.8 Å². The molecule has 0 saturated carbocycles. The van der Waals surface area contributed by atoms with Gasteiger partial charge in [-0.1, -0.05) is 45.6 Å². The van der Waals surface area contributed by atoms with Gasteiger partial charge in [0.1, 0.15) is 5.83 Å². The maximum Gasteiger partial charge on any atom is 0.119 e. The fraction of sp³-hybridized carbons (Fsp3) is 0.467. The largest absolute Gasteiger partial charge is 0.207 e. The molecule has 1 heteroatoms. The molecule has 0 radical (unpaired) electrons. The highest BCUT2D eigenvalue weighted by atomic mass is 19.1. The van der Waals surface area contributed by atoms with E-state index in [-0.39, 0.29) is 5.83 Å². The van der Waals surface area contributed by atoms with Gasteiger partial charge in [0.25, 0.3) is 0 Å². The minimum atomic E-state index is -0.329. The summed E-state index contributed by atoms with van der Waals surface area (Å²) in [5, 5.41) is 0. The molecule has 0 aliphatic heterocycles. The molecule has 0 aliphatic rings. The predicted molar refractivity (Wildman–Crippen MR) is 73.2 cm³/mol. The van der Waals surface area contributed by atoms with Gasteiger partial charge in [0.05, 0.1) is 0 Å². The second kappa shape index (κ2) is 10.4. The van der Waals surface area contributed by atoms with Crippen LogP contribution in [0.5, 0.6) is 0 Å². The van der Waals surface area contributed by atoms with Crippen LogP contribution in [0.1, 0.15) is 47.0 Å². The minimum absolute atomic E-state index is 0.329. The maximum atomic E-state index is 12.7. The normalized spacial score (nSPS) is 10.8. The average molecular weight is 224 g/mol. The Morgan fingerprint density at radius 1 is 1.06 bits per heavy atom. The molecule has 0 spiro atoms. The summed E-state index contributed by atoms with van der Waals surface area (Å²) in [7, 11) is 0. The van der Waals surface area contributed by atoms with E-state index >= 15 is 0 Å². The summed E-state index contributed by atoms with van der Waals surface area (Å²) in [5.74, 6) is -0.329. The van der Waals surface area contributed by atoms with E-state index in [1.54, 1.807) is 6.08 Å². The van der Waals surface area contributed by atoms with Gasteiger partial charge in [-0.25, -0.2) is 4.39 Å². The Labute approximate surface area is 100 Å². The Kier molecular flexibility index (Phi) is 11.2. The quantitative estimate of drug-likeness (QED) is 0.412. The van der Waals surface area contributed by atoms with Crippen LogP contribution >= 0.6 is 0 Å². The van der Waals surface area contributed by atoms with Crippen molar-refractivity contribution in [1.82, 2.24) is 0 Å². The van der Waals surface area contributed by atoms with Crippen molar-refractivity contribution in [3.8, 4) is 0 Å². The molecule has 0 rings (SSSR count). The summed E-state index contributed by atoms with van der Waals surface area (Å²) in [4.78, 5) is 0. The van der Waals surface area contributed by atoms with Crippen LogP contribution in [0.2, 0.25) is 0 Å². The van der Waals surface area contributed by atoms with Crippen LogP contribution in [0.15, 0.2) is 48.4 Å². The molecule has 0 aliphatic carbocycles. The van der Waals surface area contributed by atoms with Crippen molar-refractivity contribution in [3.05, 3.63) is 48.4 Å². The third-order valence-electron chi connectivity index (χ3n) is 2.30. The van der Waals surface area contributed by atoms with Crippen molar-refractivity contribution < 1.29 is 4.39 Å².